The van der Waals surface area contributed by atoms with Crippen molar-refractivity contribution >= 4 is 22.6 Å². The van der Waals surface area contributed by atoms with Gasteiger partial charge in [-0.3, -0.25) is 9.67 Å². The number of benzene rings is 2. The molecule has 1 aliphatic carbocycles. The van der Waals surface area contributed by atoms with E-state index in [1.165, 1.54) is 18.3 Å². The van der Waals surface area contributed by atoms with E-state index in [9.17, 15) is 13.3 Å². The molecule has 1 atom stereocenters. The van der Waals surface area contributed by atoms with Crippen LogP contribution in [0.25, 0.3) is 27.8 Å². The molecule has 7 nitrogen and oxygen atoms in total. The van der Waals surface area contributed by atoms with E-state index >= 15 is 0 Å². The Balaban J connectivity index is 1.31. The number of nitrogens with two attached hydrogens (primary N) is 1. The summed E-state index contributed by atoms with van der Waals surface area (Å²) in [7, 11) is 0. The molecule has 3 heterocycles. The lowest BCUT2D eigenvalue weighted by molar-refractivity contribution is 0.343. The first-order valence-electron chi connectivity index (χ1n) is 13.4. The normalized spacial score (nSPS) is 17.1. The highest BCUT2D eigenvalue weighted by Crippen LogP contribution is 2.35. The summed E-state index contributed by atoms with van der Waals surface area (Å²) < 4.78 is 46.1. The van der Waals surface area contributed by atoms with Crippen LogP contribution in [0.5, 0.6) is 0 Å². The molecule has 2 aromatic carbocycles. The molecule has 1 aliphatic heterocycles. The van der Waals surface area contributed by atoms with Gasteiger partial charge in [0.1, 0.15) is 16.9 Å². The van der Waals surface area contributed by atoms with Crippen LogP contribution in [-0.4, -0.2) is 37.7 Å². The summed E-state index contributed by atoms with van der Waals surface area (Å²) in [6.07, 6.45) is 11.1. The molecule has 4 N–H and O–H groups in total. The van der Waals surface area contributed by atoms with Gasteiger partial charge >= 0.3 is 0 Å². The Labute approximate surface area is 234 Å². The average molecular weight is 561 g/mol. The smallest absolute Gasteiger partial charge is 0.141 e. The monoisotopic (exact) mass is 560 g/mol. The van der Waals surface area contributed by atoms with Crippen molar-refractivity contribution in [3.8, 4) is 22.3 Å². The lowest BCUT2D eigenvalue weighted by Gasteiger charge is -2.22. The van der Waals surface area contributed by atoms with Crippen LogP contribution in [0.3, 0.4) is 0 Å². The van der Waals surface area contributed by atoms with Crippen molar-refractivity contribution in [3.63, 3.8) is 0 Å². The van der Waals surface area contributed by atoms with E-state index in [0.29, 0.717) is 34.1 Å². The van der Waals surface area contributed by atoms with Gasteiger partial charge in [0.05, 0.1) is 35.0 Å². The molecule has 0 spiro atoms. The van der Waals surface area contributed by atoms with E-state index in [-0.39, 0.29) is 10.8 Å². The molecule has 0 amide bonds. The number of hydrogen-bond acceptors (Lipinski definition) is 6. The van der Waals surface area contributed by atoms with Crippen LogP contribution >= 0.6 is 0 Å². The van der Waals surface area contributed by atoms with Crippen molar-refractivity contribution in [1.29, 1.82) is 0 Å². The highest BCUT2D eigenvalue weighted by Gasteiger charge is 2.35. The number of pyridine rings is 1. The number of anilines is 1. The van der Waals surface area contributed by atoms with Gasteiger partial charge in [0.15, 0.2) is 0 Å². The molecule has 206 valence electrons. The first-order valence-corrected chi connectivity index (χ1v) is 14.6. The summed E-state index contributed by atoms with van der Waals surface area (Å²) >= 11 is -1.26. The number of piperidine rings is 1. The molecule has 4 aromatic rings. The minimum atomic E-state index is -1.26. The van der Waals surface area contributed by atoms with Gasteiger partial charge in [0.25, 0.3) is 0 Å². The molecule has 1 saturated heterocycles. The summed E-state index contributed by atoms with van der Waals surface area (Å²) in [5.74, 6) is -1.34. The lowest BCUT2D eigenvalue weighted by Crippen LogP contribution is -2.29. The van der Waals surface area contributed by atoms with Crippen molar-refractivity contribution < 1.29 is 13.3 Å². The molecular weight excluding hydrogens is 530 g/mol. The van der Waals surface area contributed by atoms with Gasteiger partial charge in [-0.2, -0.15) is 5.10 Å². The van der Waals surface area contributed by atoms with Crippen LogP contribution < -0.4 is 15.8 Å². The van der Waals surface area contributed by atoms with Crippen LogP contribution in [0, 0.1) is 11.6 Å². The molecule has 0 bridgehead atoms. The van der Waals surface area contributed by atoms with Gasteiger partial charge in [0, 0.05) is 59.8 Å². The fraction of sp³-hybridized carbons (Fsp3) is 0.267. The number of nitrogens with zero attached hydrogens (tertiary/aromatic N) is 3. The minimum Gasteiger partial charge on any atom is -0.593 e. The van der Waals surface area contributed by atoms with Crippen LogP contribution in [0.1, 0.15) is 43.0 Å². The topological polar surface area (TPSA) is 104 Å². The number of aromatic nitrogens is 3. The molecule has 2 aromatic heterocycles. The second kappa shape index (κ2) is 11.4. The third kappa shape index (κ3) is 5.74. The first-order chi connectivity index (χ1) is 19.5. The first kappa shape index (κ1) is 26.5. The molecule has 1 unspecified atom stereocenters. The minimum absolute atomic E-state index is 0.104. The fourth-order valence-electron chi connectivity index (χ4n) is 5.01. The Kier molecular flexibility index (Phi) is 7.55. The molecule has 0 radical (unpaired) electrons. The van der Waals surface area contributed by atoms with Gasteiger partial charge in [-0.1, -0.05) is 6.07 Å². The molecular formula is C30H30F2N6OS. The van der Waals surface area contributed by atoms with Gasteiger partial charge < -0.3 is 15.6 Å². The number of nitrogens with one attached hydrogen (secondary N) is 2. The van der Waals surface area contributed by atoms with Crippen molar-refractivity contribution in [2.45, 2.75) is 37.0 Å². The second-order valence-electron chi connectivity index (χ2n) is 10.2. The zero-order valence-electron chi connectivity index (χ0n) is 21.8. The summed E-state index contributed by atoms with van der Waals surface area (Å²) in [4.78, 5) is 4.69. The molecule has 40 heavy (non-hydrogen) atoms. The maximum absolute atomic E-state index is 14.8. The third-order valence-corrected chi connectivity index (χ3v) is 8.87. The SMILES string of the molecule is NC=C(c1cc(N[S+]([O-])C2CC2)cc(-c2ccc(F)cc2F)c1)c1ccc(-c2cnn(C3CCNCC3)c2)cn1. The average Bonchev–Trinajstić information content (AvgIpc) is 3.71. The van der Waals surface area contributed by atoms with Crippen LogP contribution in [0.2, 0.25) is 0 Å². The zero-order chi connectivity index (χ0) is 27.6. The van der Waals surface area contributed by atoms with E-state index in [2.05, 4.69) is 26.3 Å². The Hall–Kier alpha value is -3.73. The number of rotatable bonds is 8. The summed E-state index contributed by atoms with van der Waals surface area (Å²) in [5.41, 5.74) is 11.2. The fourth-order valence-corrected chi connectivity index (χ4v) is 6.10. The van der Waals surface area contributed by atoms with Crippen molar-refractivity contribution in [1.82, 2.24) is 20.1 Å². The predicted octanol–water partition coefficient (Wildman–Crippen LogP) is 5.40. The zero-order valence-corrected chi connectivity index (χ0v) is 22.6. The summed E-state index contributed by atoms with van der Waals surface area (Å²) in [5, 5.41) is 8.06. The van der Waals surface area contributed by atoms with E-state index < -0.39 is 23.0 Å². The quantitative estimate of drug-likeness (QED) is 0.249. The summed E-state index contributed by atoms with van der Waals surface area (Å²) in [6, 6.07) is 13.0. The van der Waals surface area contributed by atoms with Crippen LogP contribution in [0.4, 0.5) is 14.5 Å². The molecule has 2 fully saturated rings. The van der Waals surface area contributed by atoms with Crippen LogP contribution in [0.15, 0.2) is 73.3 Å². The Bertz CT molecular complexity index is 1530. The Morgan fingerprint density at radius 1 is 1.00 bits per heavy atom. The molecule has 10 heteroatoms. The van der Waals surface area contributed by atoms with Gasteiger partial charge in [-0.05, 0) is 73.5 Å². The van der Waals surface area contributed by atoms with E-state index in [1.807, 2.05) is 29.1 Å². The molecule has 2 aliphatic rings. The predicted molar refractivity (Wildman–Crippen MR) is 154 cm³/mol. The third-order valence-electron chi connectivity index (χ3n) is 7.36. The highest BCUT2D eigenvalue weighted by atomic mass is 32.2. The van der Waals surface area contributed by atoms with E-state index in [0.717, 1.165) is 56.0 Å². The van der Waals surface area contributed by atoms with Gasteiger partial charge in [-0.15, -0.1) is 0 Å². The maximum atomic E-state index is 14.8. The number of halogens is 2. The summed E-state index contributed by atoms with van der Waals surface area (Å²) in [6.45, 7) is 1.99. The van der Waals surface area contributed by atoms with E-state index in [1.54, 1.807) is 18.3 Å². The standard InChI is InChI=1S/C30H30F2N6OS/c31-23-2-5-27(29(32)14-23)20-11-21(13-24(12-20)37-40(39)26-3-4-26)28(15-33)30-6-1-19(16-35-30)22-17-36-38(18-22)25-7-9-34-10-8-25/h1-2,5-6,11-18,25-26,34,37H,3-4,7-10,33H2. The number of hydrogen-bond donors (Lipinski definition) is 3. The van der Waals surface area contributed by atoms with Gasteiger partial charge in [-0.25, -0.2) is 13.5 Å². The van der Waals surface area contributed by atoms with Crippen LogP contribution in [-0.2, 0) is 11.4 Å². The highest BCUT2D eigenvalue weighted by molar-refractivity contribution is 7.93. The Morgan fingerprint density at radius 2 is 1.82 bits per heavy atom. The molecule has 6 rings (SSSR count). The van der Waals surface area contributed by atoms with Crippen molar-refractivity contribution in [2.24, 2.45) is 5.73 Å². The van der Waals surface area contributed by atoms with Crippen molar-refractivity contribution in [3.05, 3.63) is 96.2 Å². The van der Waals surface area contributed by atoms with Crippen molar-refractivity contribution in [2.75, 3.05) is 17.8 Å². The molecule has 1 saturated carbocycles. The van der Waals surface area contributed by atoms with Gasteiger partial charge in [0.2, 0.25) is 0 Å². The Morgan fingerprint density at radius 3 is 2.52 bits per heavy atom. The second-order valence-corrected chi connectivity index (χ2v) is 11.7. The lowest BCUT2D eigenvalue weighted by atomic mass is 9.96. The largest absolute Gasteiger partial charge is 0.593 e. The maximum Gasteiger partial charge on any atom is 0.141 e. The van der Waals surface area contributed by atoms with E-state index in [4.69, 9.17) is 5.73 Å².